The van der Waals surface area contributed by atoms with Crippen molar-refractivity contribution in [3.05, 3.63) is 64.8 Å². The summed E-state index contributed by atoms with van der Waals surface area (Å²) in [7, 11) is 0. The number of anilines is 2. The molecule has 2 fully saturated rings. The van der Waals surface area contributed by atoms with Crippen LogP contribution in [-0.4, -0.2) is 57.0 Å². The van der Waals surface area contributed by atoms with Gasteiger partial charge in [-0.15, -0.1) is 0 Å². The number of nitrogens with two attached hydrogens (primary N) is 1. The van der Waals surface area contributed by atoms with E-state index in [0.717, 1.165) is 29.1 Å². The molecule has 38 heavy (non-hydrogen) atoms. The fraction of sp³-hybridized carbons (Fsp3) is 0.414. The first-order valence-corrected chi connectivity index (χ1v) is 14.0. The van der Waals surface area contributed by atoms with E-state index in [2.05, 4.69) is 16.8 Å². The molecule has 0 aromatic heterocycles. The van der Waals surface area contributed by atoms with Crippen molar-refractivity contribution in [3.63, 3.8) is 0 Å². The van der Waals surface area contributed by atoms with Gasteiger partial charge in [0.05, 0.1) is 16.6 Å². The van der Waals surface area contributed by atoms with Gasteiger partial charge in [0.1, 0.15) is 5.76 Å². The number of piperidine rings is 1. The van der Waals surface area contributed by atoms with Gasteiger partial charge >= 0.3 is 0 Å². The zero-order valence-corrected chi connectivity index (χ0v) is 21.8. The minimum Gasteiger partial charge on any atom is -0.508 e. The van der Waals surface area contributed by atoms with Gasteiger partial charge in [-0.05, 0) is 73.4 Å². The van der Waals surface area contributed by atoms with Crippen LogP contribution in [-0.2, 0) is 16.6 Å². The Balaban J connectivity index is 1.31. The Morgan fingerprint density at radius 2 is 2.11 bits per heavy atom. The van der Waals surface area contributed by atoms with Crippen LogP contribution in [0.15, 0.2) is 58.5 Å². The number of aliphatic hydroxyl groups excluding tert-OH is 1. The summed E-state index contributed by atoms with van der Waals surface area (Å²) < 4.78 is 6.27. The lowest BCUT2D eigenvalue weighted by atomic mass is 9.49. The third kappa shape index (κ3) is 3.15. The van der Waals surface area contributed by atoms with Crippen molar-refractivity contribution < 1.29 is 24.9 Å². The summed E-state index contributed by atoms with van der Waals surface area (Å²) in [6.07, 6.45) is 2.62. The Morgan fingerprint density at radius 1 is 1.29 bits per heavy atom. The first-order valence-electron chi connectivity index (χ1n) is 13.2. The number of thioether (sulfide) groups is 1. The van der Waals surface area contributed by atoms with Gasteiger partial charge in [0, 0.05) is 40.8 Å². The fourth-order valence-corrected chi connectivity index (χ4v) is 7.96. The van der Waals surface area contributed by atoms with Crippen LogP contribution in [0.25, 0.3) is 0 Å². The maximum atomic E-state index is 13.6. The first kappa shape index (κ1) is 23.9. The Kier molecular flexibility index (Phi) is 5.15. The van der Waals surface area contributed by atoms with E-state index in [-0.39, 0.29) is 29.5 Å². The summed E-state index contributed by atoms with van der Waals surface area (Å²) in [6.45, 7) is 5.41. The van der Waals surface area contributed by atoms with Crippen molar-refractivity contribution in [1.29, 1.82) is 0 Å². The third-order valence-corrected chi connectivity index (χ3v) is 10.0. The van der Waals surface area contributed by atoms with E-state index in [9.17, 15) is 20.1 Å². The molecule has 198 valence electrons. The number of phenols is 1. The average molecular weight is 534 g/mol. The second-order valence-corrected chi connectivity index (χ2v) is 12.3. The number of hydrogen-bond acceptors (Lipinski definition) is 8. The predicted molar refractivity (Wildman–Crippen MR) is 145 cm³/mol. The number of phenolic OH excluding ortho intramolecular Hbond substituents is 1. The highest BCUT2D eigenvalue weighted by molar-refractivity contribution is 8.02. The summed E-state index contributed by atoms with van der Waals surface area (Å²) in [4.78, 5) is 16.8. The zero-order chi connectivity index (χ0) is 26.4. The van der Waals surface area contributed by atoms with E-state index in [0.29, 0.717) is 35.9 Å². The third-order valence-electron chi connectivity index (χ3n) is 9.27. The highest BCUT2D eigenvalue weighted by atomic mass is 32.2. The molecular weight excluding hydrogens is 502 g/mol. The maximum Gasteiger partial charge on any atom is 0.255 e. The number of rotatable bonds is 6. The van der Waals surface area contributed by atoms with Gasteiger partial charge in [0.2, 0.25) is 0 Å². The molecule has 3 aliphatic carbocycles. The SMILES string of the molecule is C=CSc1cc(NC(=O)C2=C(O)[C@@H]3Oc4c(O)ccc5c4[C@@]34CCN(CC3CC3)[C@H](C5)[C@]4(O)C2)ccc1N. The molecule has 8 nitrogen and oxygen atoms in total. The van der Waals surface area contributed by atoms with Crippen molar-refractivity contribution in [2.75, 3.05) is 24.1 Å². The van der Waals surface area contributed by atoms with Crippen molar-refractivity contribution in [2.45, 2.75) is 60.2 Å². The van der Waals surface area contributed by atoms with Gasteiger partial charge in [0.15, 0.2) is 17.6 Å². The van der Waals surface area contributed by atoms with Crippen molar-refractivity contribution >= 4 is 29.0 Å². The summed E-state index contributed by atoms with van der Waals surface area (Å²) in [6, 6.07) is 8.49. The van der Waals surface area contributed by atoms with E-state index in [4.69, 9.17) is 10.5 Å². The Morgan fingerprint density at radius 3 is 2.87 bits per heavy atom. The lowest BCUT2D eigenvalue weighted by Crippen LogP contribution is -2.75. The molecule has 0 radical (unpaired) electrons. The number of aliphatic hydroxyl groups is 2. The molecule has 0 unspecified atom stereocenters. The second-order valence-electron chi connectivity index (χ2n) is 11.3. The van der Waals surface area contributed by atoms with Gasteiger partial charge < -0.3 is 31.1 Å². The number of nitrogens with zero attached hydrogens (tertiary/aromatic N) is 1. The Hall–Kier alpha value is -3.14. The largest absolute Gasteiger partial charge is 0.508 e. The maximum absolute atomic E-state index is 13.6. The molecule has 2 heterocycles. The summed E-state index contributed by atoms with van der Waals surface area (Å²) in [5, 5.41) is 39.5. The highest BCUT2D eigenvalue weighted by Gasteiger charge is 2.73. The molecule has 4 atom stereocenters. The van der Waals surface area contributed by atoms with E-state index < -0.39 is 23.0 Å². The van der Waals surface area contributed by atoms with Crippen molar-refractivity contribution in [2.24, 2.45) is 5.92 Å². The number of nitrogens with one attached hydrogen (secondary N) is 1. The van der Waals surface area contributed by atoms with Crippen LogP contribution in [0.4, 0.5) is 11.4 Å². The normalized spacial score (nSPS) is 31.0. The zero-order valence-electron chi connectivity index (χ0n) is 20.9. The fourth-order valence-electron chi connectivity index (χ4n) is 7.38. The first-order chi connectivity index (χ1) is 18.3. The molecule has 7 rings (SSSR count). The smallest absolute Gasteiger partial charge is 0.255 e. The number of amides is 1. The molecule has 2 aromatic rings. The van der Waals surface area contributed by atoms with Crippen molar-refractivity contribution in [3.8, 4) is 11.5 Å². The number of hydrogen-bond donors (Lipinski definition) is 5. The number of benzene rings is 2. The molecule has 1 amide bonds. The number of ether oxygens (including phenoxy) is 1. The van der Waals surface area contributed by atoms with E-state index in [1.165, 1.54) is 24.6 Å². The van der Waals surface area contributed by atoms with Gasteiger partial charge in [-0.3, -0.25) is 9.69 Å². The summed E-state index contributed by atoms with van der Waals surface area (Å²) in [5.41, 5.74) is 6.80. The number of carbonyl (C=O) groups is 1. The summed E-state index contributed by atoms with van der Waals surface area (Å²) >= 11 is 1.35. The lowest BCUT2D eigenvalue weighted by Gasteiger charge is -2.62. The van der Waals surface area contributed by atoms with Gasteiger partial charge in [-0.1, -0.05) is 24.4 Å². The van der Waals surface area contributed by atoms with Crippen LogP contribution in [0, 0.1) is 5.92 Å². The minimum atomic E-state index is -1.35. The molecule has 2 aromatic carbocycles. The second kappa shape index (κ2) is 8.18. The number of nitrogen functional groups attached to an aromatic ring is 1. The van der Waals surface area contributed by atoms with E-state index in [1.54, 1.807) is 29.7 Å². The van der Waals surface area contributed by atoms with Crippen LogP contribution in [0.1, 0.15) is 36.8 Å². The predicted octanol–water partition coefficient (Wildman–Crippen LogP) is 3.83. The standard InChI is InChI=1S/C29H31N3O5S/c1-2-38-21-12-17(6-7-19(21)30)31-27(35)18-13-29(36)22-11-16-5-8-20(33)25-23(16)28(29,26(37-25)24(18)34)9-10-32(22)14-15-3-4-15/h2,5-8,12,15,22,26,33-34,36H,1,3-4,9-11,13-14,30H2,(H,31,35)/t22-,26+,28+,29-/m1/s1. The van der Waals surface area contributed by atoms with Crippen LogP contribution >= 0.6 is 11.8 Å². The number of aromatic hydroxyl groups is 1. The van der Waals surface area contributed by atoms with Crippen LogP contribution in [0.2, 0.25) is 0 Å². The Labute approximate surface area is 225 Å². The van der Waals surface area contributed by atoms with Crippen LogP contribution in [0.3, 0.4) is 0 Å². The molecule has 1 saturated heterocycles. The van der Waals surface area contributed by atoms with E-state index >= 15 is 0 Å². The number of likely N-dealkylation sites (tertiary alicyclic amines) is 1. The molecule has 2 bridgehead atoms. The highest BCUT2D eigenvalue weighted by Crippen LogP contribution is 2.66. The molecule has 1 spiro atoms. The molecule has 9 heteroatoms. The summed E-state index contributed by atoms with van der Waals surface area (Å²) in [5.74, 6) is 0.274. The average Bonchev–Trinajstić information content (AvgIpc) is 3.63. The van der Waals surface area contributed by atoms with Gasteiger partial charge in [-0.2, -0.15) is 0 Å². The van der Waals surface area contributed by atoms with Crippen LogP contribution < -0.4 is 15.8 Å². The van der Waals surface area contributed by atoms with Crippen molar-refractivity contribution in [1.82, 2.24) is 4.90 Å². The molecule has 5 aliphatic rings. The Bertz CT molecular complexity index is 1420. The quantitative estimate of drug-likeness (QED) is 0.280. The molecule has 2 aliphatic heterocycles. The molecular formula is C29H31N3O5S. The molecule has 1 saturated carbocycles. The lowest BCUT2D eigenvalue weighted by molar-refractivity contribution is -0.172. The topological polar surface area (TPSA) is 128 Å². The minimum absolute atomic E-state index is 0.00582. The van der Waals surface area contributed by atoms with Gasteiger partial charge in [0.25, 0.3) is 5.91 Å². The van der Waals surface area contributed by atoms with Crippen LogP contribution in [0.5, 0.6) is 11.5 Å². The monoisotopic (exact) mass is 533 g/mol. The number of carbonyl (C=O) groups excluding carboxylic acids is 1. The van der Waals surface area contributed by atoms with Gasteiger partial charge in [-0.25, -0.2) is 0 Å². The van der Waals surface area contributed by atoms with E-state index in [1.807, 2.05) is 6.07 Å². The molecule has 6 N–H and O–H groups in total.